The molecular formula is C15H15ClN2O2S. The number of benzene rings is 2. The van der Waals surface area contributed by atoms with Crippen molar-refractivity contribution in [2.45, 2.75) is 4.90 Å². The van der Waals surface area contributed by atoms with Crippen LogP contribution >= 0.6 is 23.4 Å². The van der Waals surface area contributed by atoms with E-state index in [1.54, 1.807) is 31.4 Å². The summed E-state index contributed by atoms with van der Waals surface area (Å²) in [6.45, 7) is 0. The molecule has 6 heteroatoms. The number of nitrogens with two attached hydrogens (primary N) is 1. The number of nitrogen functional groups attached to an aromatic ring is 1. The lowest BCUT2D eigenvalue weighted by atomic mass is 10.3. The van der Waals surface area contributed by atoms with Gasteiger partial charge in [-0.05, 0) is 30.3 Å². The quantitative estimate of drug-likeness (QED) is 0.651. The first-order valence-electron chi connectivity index (χ1n) is 6.20. The van der Waals surface area contributed by atoms with Crippen LogP contribution in [-0.4, -0.2) is 18.8 Å². The Hall–Kier alpha value is -1.85. The number of carbonyl (C=O) groups excluding carboxylic acids is 1. The first kappa shape index (κ1) is 15.5. The third kappa shape index (κ3) is 4.58. The van der Waals surface area contributed by atoms with Crippen LogP contribution in [0.25, 0.3) is 0 Å². The van der Waals surface area contributed by atoms with Gasteiger partial charge in [0, 0.05) is 27.4 Å². The van der Waals surface area contributed by atoms with E-state index in [4.69, 9.17) is 22.1 Å². The lowest BCUT2D eigenvalue weighted by molar-refractivity contribution is -0.113. The Balaban J connectivity index is 1.92. The molecule has 110 valence electrons. The number of methoxy groups -OCH3 is 1. The van der Waals surface area contributed by atoms with Crippen molar-refractivity contribution >= 4 is 40.6 Å². The monoisotopic (exact) mass is 322 g/mol. The number of hydrogen-bond acceptors (Lipinski definition) is 4. The molecule has 0 atom stereocenters. The summed E-state index contributed by atoms with van der Waals surface area (Å²) in [5.74, 6) is 0.855. The standard InChI is InChI=1S/C15H15ClN2O2S/c1-20-12-4-2-3-11(8-12)18-15(19)9-21-14-6-5-10(16)7-13(14)17/h2-8H,9,17H2,1H3,(H,18,19). The minimum absolute atomic E-state index is 0.109. The van der Waals surface area contributed by atoms with Gasteiger partial charge in [0.15, 0.2) is 0 Å². The number of nitrogens with one attached hydrogen (secondary N) is 1. The number of amides is 1. The molecule has 0 aliphatic rings. The van der Waals surface area contributed by atoms with E-state index >= 15 is 0 Å². The molecule has 0 radical (unpaired) electrons. The Morgan fingerprint density at radius 1 is 1.33 bits per heavy atom. The minimum atomic E-state index is -0.109. The van der Waals surface area contributed by atoms with Crippen LogP contribution in [0.5, 0.6) is 5.75 Å². The number of anilines is 2. The highest BCUT2D eigenvalue weighted by Gasteiger charge is 2.07. The molecule has 0 saturated heterocycles. The van der Waals surface area contributed by atoms with Crippen LogP contribution < -0.4 is 15.8 Å². The van der Waals surface area contributed by atoms with Crippen LogP contribution in [0.1, 0.15) is 0 Å². The molecule has 0 aliphatic carbocycles. The fraction of sp³-hybridized carbons (Fsp3) is 0.133. The zero-order chi connectivity index (χ0) is 15.2. The number of ether oxygens (including phenoxy) is 1. The summed E-state index contributed by atoms with van der Waals surface area (Å²) in [7, 11) is 1.58. The van der Waals surface area contributed by atoms with Crippen molar-refractivity contribution in [3.05, 3.63) is 47.5 Å². The zero-order valence-corrected chi connectivity index (χ0v) is 13.0. The summed E-state index contributed by atoms with van der Waals surface area (Å²) in [4.78, 5) is 12.8. The van der Waals surface area contributed by atoms with Crippen LogP contribution in [0, 0.1) is 0 Å². The normalized spacial score (nSPS) is 10.2. The maximum atomic E-state index is 11.9. The molecule has 1 amide bonds. The summed E-state index contributed by atoms with van der Waals surface area (Å²) in [6, 6.07) is 12.4. The smallest absolute Gasteiger partial charge is 0.234 e. The van der Waals surface area contributed by atoms with Crippen LogP contribution in [-0.2, 0) is 4.79 Å². The Labute approximate surface area is 132 Å². The van der Waals surface area contributed by atoms with Crippen molar-refractivity contribution in [1.29, 1.82) is 0 Å². The van der Waals surface area contributed by atoms with E-state index in [9.17, 15) is 4.79 Å². The second-order valence-electron chi connectivity index (χ2n) is 4.25. The van der Waals surface area contributed by atoms with E-state index in [2.05, 4.69) is 5.32 Å². The number of hydrogen-bond donors (Lipinski definition) is 2. The fourth-order valence-electron chi connectivity index (χ4n) is 1.69. The largest absolute Gasteiger partial charge is 0.497 e. The van der Waals surface area contributed by atoms with E-state index in [0.717, 1.165) is 4.90 Å². The highest BCUT2D eigenvalue weighted by Crippen LogP contribution is 2.27. The van der Waals surface area contributed by atoms with Crippen molar-refractivity contribution in [2.75, 3.05) is 23.9 Å². The van der Waals surface area contributed by atoms with Gasteiger partial charge < -0.3 is 15.8 Å². The Bertz CT molecular complexity index is 649. The minimum Gasteiger partial charge on any atom is -0.497 e. The van der Waals surface area contributed by atoms with Crippen molar-refractivity contribution < 1.29 is 9.53 Å². The lowest BCUT2D eigenvalue weighted by Gasteiger charge is -2.08. The highest BCUT2D eigenvalue weighted by molar-refractivity contribution is 8.00. The van der Waals surface area contributed by atoms with Crippen molar-refractivity contribution in [3.8, 4) is 5.75 Å². The average molecular weight is 323 g/mol. The van der Waals surface area contributed by atoms with Gasteiger partial charge in [-0.1, -0.05) is 17.7 Å². The Morgan fingerprint density at radius 3 is 2.86 bits per heavy atom. The molecular weight excluding hydrogens is 308 g/mol. The van der Waals surface area contributed by atoms with Crippen molar-refractivity contribution in [1.82, 2.24) is 0 Å². The zero-order valence-electron chi connectivity index (χ0n) is 11.4. The maximum absolute atomic E-state index is 11.9. The number of rotatable bonds is 5. The van der Waals surface area contributed by atoms with E-state index in [-0.39, 0.29) is 11.7 Å². The van der Waals surface area contributed by atoms with E-state index in [1.807, 2.05) is 18.2 Å². The van der Waals surface area contributed by atoms with E-state index in [1.165, 1.54) is 11.8 Å². The lowest BCUT2D eigenvalue weighted by Crippen LogP contribution is -2.14. The summed E-state index contributed by atoms with van der Waals surface area (Å²) >= 11 is 7.20. The summed E-state index contributed by atoms with van der Waals surface area (Å²) < 4.78 is 5.11. The molecule has 3 N–H and O–H groups in total. The SMILES string of the molecule is COc1cccc(NC(=O)CSc2ccc(Cl)cc2N)c1. The van der Waals surface area contributed by atoms with E-state index < -0.39 is 0 Å². The van der Waals surface area contributed by atoms with Gasteiger partial charge in [-0.2, -0.15) is 0 Å². The molecule has 0 aliphatic heterocycles. The molecule has 2 aromatic rings. The first-order chi connectivity index (χ1) is 10.1. The van der Waals surface area contributed by atoms with Crippen LogP contribution in [0.2, 0.25) is 5.02 Å². The van der Waals surface area contributed by atoms with Gasteiger partial charge >= 0.3 is 0 Å². The predicted molar refractivity (Wildman–Crippen MR) is 88.2 cm³/mol. The van der Waals surface area contributed by atoms with Gasteiger partial charge in [-0.15, -0.1) is 11.8 Å². The number of halogens is 1. The molecule has 0 bridgehead atoms. The summed E-state index contributed by atoms with van der Waals surface area (Å²) in [5.41, 5.74) is 7.11. The van der Waals surface area contributed by atoms with Crippen LogP contribution in [0.4, 0.5) is 11.4 Å². The van der Waals surface area contributed by atoms with Gasteiger partial charge in [0.05, 0.1) is 12.9 Å². The van der Waals surface area contributed by atoms with Crippen molar-refractivity contribution in [3.63, 3.8) is 0 Å². The topological polar surface area (TPSA) is 64.3 Å². The third-order valence-electron chi connectivity index (χ3n) is 2.68. The van der Waals surface area contributed by atoms with Crippen LogP contribution in [0.3, 0.4) is 0 Å². The number of carbonyl (C=O) groups is 1. The molecule has 0 aromatic heterocycles. The van der Waals surface area contributed by atoms with Gasteiger partial charge in [0.25, 0.3) is 0 Å². The Morgan fingerprint density at radius 2 is 2.14 bits per heavy atom. The molecule has 0 fully saturated rings. The van der Waals surface area contributed by atoms with Gasteiger partial charge in [0.1, 0.15) is 5.75 Å². The molecule has 2 aromatic carbocycles. The van der Waals surface area contributed by atoms with Gasteiger partial charge in [-0.3, -0.25) is 4.79 Å². The molecule has 0 saturated carbocycles. The first-order valence-corrected chi connectivity index (χ1v) is 7.56. The van der Waals surface area contributed by atoms with Crippen LogP contribution in [0.15, 0.2) is 47.4 Å². The molecule has 4 nitrogen and oxygen atoms in total. The molecule has 21 heavy (non-hydrogen) atoms. The number of thioether (sulfide) groups is 1. The van der Waals surface area contributed by atoms with Gasteiger partial charge in [-0.25, -0.2) is 0 Å². The molecule has 0 heterocycles. The molecule has 0 unspecified atom stereocenters. The van der Waals surface area contributed by atoms with E-state index in [0.29, 0.717) is 22.1 Å². The fourth-order valence-corrected chi connectivity index (χ4v) is 2.62. The van der Waals surface area contributed by atoms with Crippen molar-refractivity contribution in [2.24, 2.45) is 0 Å². The summed E-state index contributed by atoms with van der Waals surface area (Å²) in [5, 5.41) is 3.39. The maximum Gasteiger partial charge on any atom is 0.234 e. The van der Waals surface area contributed by atoms with Gasteiger partial charge in [0.2, 0.25) is 5.91 Å². The highest BCUT2D eigenvalue weighted by atomic mass is 35.5. The second kappa shape index (κ2) is 7.24. The summed E-state index contributed by atoms with van der Waals surface area (Å²) in [6.07, 6.45) is 0. The third-order valence-corrected chi connectivity index (χ3v) is 4.01. The Kier molecular flexibility index (Phi) is 5.36. The molecule has 2 rings (SSSR count). The average Bonchev–Trinajstić information content (AvgIpc) is 2.46. The molecule has 0 spiro atoms. The second-order valence-corrected chi connectivity index (χ2v) is 5.70. The predicted octanol–water partition coefficient (Wildman–Crippen LogP) is 3.66.